The van der Waals surface area contributed by atoms with Crippen LogP contribution in [0, 0.1) is 0 Å². The molecule has 24 heavy (non-hydrogen) atoms. The normalized spacial score (nSPS) is 21.8. The predicted molar refractivity (Wildman–Crippen MR) is 90.7 cm³/mol. The van der Waals surface area contributed by atoms with Crippen LogP contribution in [0.2, 0.25) is 0 Å². The topological polar surface area (TPSA) is 51.2 Å². The highest BCUT2D eigenvalue weighted by molar-refractivity contribution is 5.78. The second-order valence-corrected chi connectivity index (χ2v) is 6.32. The summed E-state index contributed by atoms with van der Waals surface area (Å²) in [4.78, 5) is 16.7. The van der Waals surface area contributed by atoms with Crippen molar-refractivity contribution in [3.63, 3.8) is 0 Å². The van der Waals surface area contributed by atoms with Gasteiger partial charge in [-0.25, -0.2) is 0 Å². The minimum absolute atomic E-state index is 0.210. The van der Waals surface area contributed by atoms with E-state index in [1.54, 1.807) is 14.2 Å². The SMILES string of the molecule is COc1ccc(OC)c(C2CCN(C(=O)CN3CCOCC3)C2)c1. The van der Waals surface area contributed by atoms with E-state index in [0.717, 1.165) is 62.9 Å². The molecule has 0 radical (unpaired) electrons. The Morgan fingerprint density at radius 1 is 1.21 bits per heavy atom. The maximum atomic E-state index is 12.6. The lowest BCUT2D eigenvalue weighted by Crippen LogP contribution is -2.44. The molecule has 0 aliphatic carbocycles. The van der Waals surface area contributed by atoms with E-state index in [2.05, 4.69) is 4.90 Å². The molecule has 2 aliphatic heterocycles. The Balaban J connectivity index is 1.63. The summed E-state index contributed by atoms with van der Waals surface area (Å²) in [7, 11) is 3.35. The molecule has 0 N–H and O–H groups in total. The monoisotopic (exact) mass is 334 g/mol. The second kappa shape index (κ2) is 7.85. The van der Waals surface area contributed by atoms with E-state index in [1.165, 1.54) is 0 Å². The van der Waals surface area contributed by atoms with Crippen molar-refractivity contribution in [2.24, 2.45) is 0 Å². The highest BCUT2D eigenvalue weighted by Crippen LogP contribution is 2.36. The summed E-state index contributed by atoms with van der Waals surface area (Å²) in [5, 5.41) is 0. The molecule has 0 saturated carbocycles. The van der Waals surface area contributed by atoms with Crippen LogP contribution >= 0.6 is 0 Å². The molecule has 6 heteroatoms. The van der Waals surface area contributed by atoms with Crippen molar-refractivity contribution >= 4 is 5.91 Å². The van der Waals surface area contributed by atoms with Gasteiger partial charge in [0.05, 0.1) is 34.0 Å². The number of morpholine rings is 1. The predicted octanol–water partition coefficient (Wildman–Crippen LogP) is 1.35. The van der Waals surface area contributed by atoms with Crippen LogP contribution in [0.5, 0.6) is 11.5 Å². The van der Waals surface area contributed by atoms with Gasteiger partial charge in [0.1, 0.15) is 11.5 Å². The molecule has 132 valence electrons. The summed E-state index contributed by atoms with van der Waals surface area (Å²) in [6, 6.07) is 5.87. The summed E-state index contributed by atoms with van der Waals surface area (Å²) < 4.78 is 16.2. The largest absolute Gasteiger partial charge is 0.497 e. The Labute approximate surface area is 143 Å². The Bertz CT molecular complexity index is 572. The Hall–Kier alpha value is -1.79. The zero-order valence-corrected chi connectivity index (χ0v) is 14.5. The van der Waals surface area contributed by atoms with E-state index in [4.69, 9.17) is 14.2 Å². The zero-order valence-electron chi connectivity index (χ0n) is 14.5. The van der Waals surface area contributed by atoms with Gasteiger partial charge in [0.2, 0.25) is 5.91 Å². The number of rotatable bonds is 5. The van der Waals surface area contributed by atoms with E-state index < -0.39 is 0 Å². The smallest absolute Gasteiger partial charge is 0.236 e. The van der Waals surface area contributed by atoms with E-state index in [1.807, 2.05) is 23.1 Å². The molecule has 6 nitrogen and oxygen atoms in total. The van der Waals surface area contributed by atoms with Crippen molar-refractivity contribution in [1.82, 2.24) is 9.80 Å². The number of methoxy groups -OCH3 is 2. The fraction of sp³-hybridized carbons (Fsp3) is 0.611. The van der Waals surface area contributed by atoms with Gasteiger partial charge in [-0.3, -0.25) is 9.69 Å². The molecule has 1 atom stereocenters. The molecule has 2 heterocycles. The molecule has 1 aromatic rings. The van der Waals surface area contributed by atoms with Crippen LogP contribution in [0.4, 0.5) is 0 Å². The molecule has 1 amide bonds. The van der Waals surface area contributed by atoms with Crippen LogP contribution in [0.3, 0.4) is 0 Å². The molecular formula is C18H26N2O4. The van der Waals surface area contributed by atoms with Gasteiger partial charge < -0.3 is 19.1 Å². The number of hydrogen-bond acceptors (Lipinski definition) is 5. The first kappa shape index (κ1) is 17.0. The molecule has 2 saturated heterocycles. The summed E-state index contributed by atoms with van der Waals surface area (Å²) >= 11 is 0. The van der Waals surface area contributed by atoms with Gasteiger partial charge in [0.15, 0.2) is 0 Å². The third kappa shape index (κ3) is 3.82. The van der Waals surface area contributed by atoms with Crippen molar-refractivity contribution in [1.29, 1.82) is 0 Å². The van der Waals surface area contributed by atoms with E-state index in [9.17, 15) is 4.79 Å². The van der Waals surface area contributed by atoms with E-state index in [0.29, 0.717) is 12.5 Å². The lowest BCUT2D eigenvalue weighted by Gasteiger charge is -2.28. The van der Waals surface area contributed by atoms with Gasteiger partial charge in [-0.15, -0.1) is 0 Å². The van der Waals surface area contributed by atoms with Crippen LogP contribution in [0.1, 0.15) is 17.9 Å². The second-order valence-electron chi connectivity index (χ2n) is 6.32. The van der Waals surface area contributed by atoms with Gasteiger partial charge >= 0.3 is 0 Å². The number of hydrogen-bond donors (Lipinski definition) is 0. The van der Waals surface area contributed by atoms with E-state index >= 15 is 0 Å². The van der Waals surface area contributed by atoms with Gasteiger partial charge in [-0.05, 0) is 24.6 Å². The lowest BCUT2D eigenvalue weighted by atomic mass is 9.97. The summed E-state index contributed by atoms with van der Waals surface area (Å²) in [5.74, 6) is 2.19. The third-order valence-corrected chi connectivity index (χ3v) is 4.88. The number of benzene rings is 1. The molecule has 0 spiro atoms. The Morgan fingerprint density at radius 2 is 2.00 bits per heavy atom. The van der Waals surface area contributed by atoms with E-state index in [-0.39, 0.29) is 5.91 Å². The maximum absolute atomic E-state index is 12.6. The first-order valence-corrected chi connectivity index (χ1v) is 8.51. The van der Waals surface area contributed by atoms with Crippen LogP contribution in [-0.2, 0) is 9.53 Å². The first-order chi connectivity index (χ1) is 11.7. The van der Waals surface area contributed by atoms with Gasteiger partial charge in [-0.2, -0.15) is 0 Å². The van der Waals surface area contributed by atoms with Gasteiger partial charge in [0.25, 0.3) is 0 Å². The third-order valence-electron chi connectivity index (χ3n) is 4.88. The summed E-state index contributed by atoms with van der Waals surface area (Å²) in [5.41, 5.74) is 1.12. The van der Waals surface area contributed by atoms with Gasteiger partial charge in [-0.1, -0.05) is 0 Å². The molecule has 3 rings (SSSR count). The molecule has 0 aromatic heterocycles. The van der Waals surface area contributed by atoms with Crippen molar-refractivity contribution in [3.05, 3.63) is 23.8 Å². The highest BCUT2D eigenvalue weighted by atomic mass is 16.5. The fourth-order valence-corrected chi connectivity index (χ4v) is 3.45. The first-order valence-electron chi connectivity index (χ1n) is 8.51. The quantitative estimate of drug-likeness (QED) is 0.814. The molecule has 1 unspecified atom stereocenters. The van der Waals surface area contributed by atoms with Crippen molar-refractivity contribution in [2.45, 2.75) is 12.3 Å². The van der Waals surface area contributed by atoms with Crippen LogP contribution in [0.25, 0.3) is 0 Å². The number of amides is 1. The van der Waals surface area contributed by atoms with Crippen LogP contribution in [0.15, 0.2) is 18.2 Å². The minimum Gasteiger partial charge on any atom is -0.497 e. The Morgan fingerprint density at radius 3 is 2.71 bits per heavy atom. The highest BCUT2D eigenvalue weighted by Gasteiger charge is 2.30. The van der Waals surface area contributed by atoms with Crippen molar-refractivity contribution < 1.29 is 19.0 Å². The maximum Gasteiger partial charge on any atom is 0.236 e. The number of carbonyl (C=O) groups is 1. The zero-order chi connectivity index (χ0) is 16.9. The van der Waals surface area contributed by atoms with Gasteiger partial charge in [0, 0.05) is 37.7 Å². The molecular weight excluding hydrogens is 308 g/mol. The molecule has 2 aliphatic rings. The van der Waals surface area contributed by atoms with Crippen LogP contribution < -0.4 is 9.47 Å². The standard InChI is InChI=1S/C18H26N2O4/c1-22-15-3-4-17(23-2)16(11-15)14-5-6-20(12-14)18(21)13-19-7-9-24-10-8-19/h3-4,11,14H,5-10,12-13H2,1-2H3. The summed E-state index contributed by atoms with van der Waals surface area (Å²) in [6.07, 6.45) is 0.957. The number of nitrogens with zero attached hydrogens (tertiary/aromatic N) is 2. The fourth-order valence-electron chi connectivity index (χ4n) is 3.45. The van der Waals surface area contributed by atoms with Crippen LogP contribution in [-0.4, -0.2) is 75.9 Å². The average molecular weight is 334 g/mol. The average Bonchev–Trinajstić information content (AvgIpc) is 3.12. The Kier molecular flexibility index (Phi) is 5.58. The minimum atomic E-state index is 0.210. The number of carbonyl (C=O) groups excluding carboxylic acids is 1. The molecule has 1 aromatic carbocycles. The number of likely N-dealkylation sites (tertiary alicyclic amines) is 1. The van der Waals surface area contributed by atoms with Crippen molar-refractivity contribution in [3.8, 4) is 11.5 Å². The lowest BCUT2D eigenvalue weighted by molar-refractivity contribution is -0.132. The molecule has 0 bridgehead atoms. The van der Waals surface area contributed by atoms with Crippen molar-refractivity contribution in [2.75, 3.05) is 60.2 Å². The number of ether oxygens (including phenoxy) is 3. The summed E-state index contributed by atoms with van der Waals surface area (Å²) in [6.45, 7) is 5.15. The molecule has 2 fully saturated rings.